The van der Waals surface area contributed by atoms with Crippen LogP contribution in [0.25, 0.3) is 6.08 Å². The van der Waals surface area contributed by atoms with Crippen LogP contribution in [0.1, 0.15) is 30.6 Å². The molecule has 2 amide bonds. The molecule has 2 aliphatic heterocycles. The average molecular weight is 346 g/mol. The van der Waals surface area contributed by atoms with Gasteiger partial charge in [0.15, 0.2) is 0 Å². The molecule has 1 aromatic heterocycles. The molecule has 1 saturated carbocycles. The van der Waals surface area contributed by atoms with Crippen molar-refractivity contribution in [1.82, 2.24) is 10.2 Å². The van der Waals surface area contributed by atoms with E-state index in [1.165, 1.54) is 0 Å². The Morgan fingerprint density at radius 1 is 1.38 bits per heavy atom. The lowest BCUT2D eigenvalue weighted by Gasteiger charge is -2.18. The molecule has 3 heterocycles. The standard InChI is InChI=1S/C18H22N2O3S/c21-17(19-13-3-4-13)9-14-8-12-10-20(11-16(12)23-14)18(22)6-5-15-2-1-7-24-15/h1-2,5-7,12-14,16H,3-4,8-11H2,(H,19,21)/b6-5+/t12-,14-,16+/m0/s1. The van der Waals surface area contributed by atoms with Crippen molar-refractivity contribution in [1.29, 1.82) is 0 Å². The van der Waals surface area contributed by atoms with Crippen LogP contribution < -0.4 is 5.32 Å². The summed E-state index contributed by atoms with van der Waals surface area (Å²) in [5, 5.41) is 5.01. The summed E-state index contributed by atoms with van der Waals surface area (Å²) in [4.78, 5) is 27.1. The Labute approximate surface area is 145 Å². The monoisotopic (exact) mass is 346 g/mol. The van der Waals surface area contributed by atoms with E-state index in [0.29, 0.717) is 24.9 Å². The van der Waals surface area contributed by atoms with E-state index in [1.807, 2.05) is 28.5 Å². The lowest BCUT2D eigenvalue weighted by molar-refractivity contribution is -0.127. The highest BCUT2D eigenvalue weighted by Gasteiger charge is 2.43. The normalized spacial score (nSPS) is 29.2. The first-order valence-electron chi connectivity index (χ1n) is 8.62. The molecule has 0 unspecified atom stereocenters. The van der Waals surface area contributed by atoms with E-state index in [-0.39, 0.29) is 24.0 Å². The van der Waals surface area contributed by atoms with Gasteiger partial charge in [0.25, 0.3) is 0 Å². The van der Waals surface area contributed by atoms with Crippen LogP contribution in [0.2, 0.25) is 0 Å². The maximum absolute atomic E-state index is 12.3. The summed E-state index contributed by atoms with van der Waals surface area (Å²) in [5.74, 6) is 0.515. The zero-order chi connectivity index (χ0) is 16.5. The first-order valence-corrected chi connectivity index (χ1v) is 9.50. The van der Waals surface area contributed by atoms with Crippen LogP contribution >= 0.6 is 11.3 Å². The maximum Gasteiger partial charge on any atom is 0.246 e. The number of carbonyl (C=O) groups is 2. The topological polar surface area (TPSA) is 58.6 Å². The second kappa shape index (κ2) is 6.69. The van der Waals surface area contributed by atoms with E-state index in [4.69, 9.17) is 4.74 Å². The largest absolute Gasteiger partial charge is 0.372 e. The molecule has 3 fully saturated rings. The van der Waals surface area contributed by atoms with Gasteiger partial charge in [0, 0.05) is 36.0 Å². The van der Waals surface area contributed by atoms with Gasteiger partial charge in [-0.3, -0.25) is 9.59 Å². The minimum Gasteiger partial charge on any atom is -0.372 e. The molecule has 6 heteroatoms. The summed E-state index contributed by atoms with van der Waals surface area (Å²) >= 11 is 1.62. The van der Waals surface area contributed by atoms with Gasteiger partial charge >= 0.3 is 0 Å². The highest BCUT2D eigenvalue weighted by Crippen LogP contribution is 2.34. The predicted octanol–water partition coefficient (Wildman–Crippen LogP) is 2.05. The molecule has 0 spiro atoms. The molecule has 3 aliphatic rings. The van der Waals surface area contributed by atoms with Crippen LogP contribution in [-0.4, -0.2) is 48.1 Å². The van der Waals surface area contributed by atoms with E-state index in [0.717, 1.165) is 30.7 Å². The molecular weight excluding hydrogens is 324 g/mol. The van der Waals surface area contributed by atoms with Crippen molar-refractivity contribution in [3.63, 3.8) is 0 Å². The van der Waals surface area contributed by atoms with Crippen molar-refractivity contribution in [2.24, 2.45) is 5.92 Å². The minimum atomic E-state index is 0.0117. The number of ether oxygens (including phenoxy) is 1. The summed E-state index contributed by atoms with van der Waals surface area (Å²) < 4.78 is 6.01. The fraction of sp³-hybridized carbons (Fsp3) is 0.556. The smallest absolute Gasteiger partial charge is 0.246 e. The number of rotatable bonds is 5. The highest BCUT2D eigenvalue weighted by molar-refractivity contribution is 7.10. The van der Waals surface area contributed by atoms with E-state index in [1.54, 1.807) is 17.4 Å². The third kappa shape index (κ3) is 3.70. The predicted molar refractivity (Wildman–Crippen MR) is 92.5 cm³/mol. The van der Waals surface area contributed by atoms with E-state index in [2.05, 4.69) is 5.32 Å². The molecule has 24 heavy (non-hydrogen) atoms. The van der Waals surface area contributed by atoms with Crippen LogP contribution in [-0.2, 0) is 14.3 Å². The molecule has 5 nitrogen and oxygen atoms in total. The van der Waals surface area contributed by atoms with Gasteiger partial charge in [-0.1, -0.05) is 6.07 Å². The van der Waals surface area contributed by atoms with Gasteiger partial charge in [0.2, 0.25) is 11.8 Å². The van der Waals surface area contributed by atoms with Crippen LogP contribution in [0.5, 0.6) is 0 Å². The Morgan fingerprint density at radius 3 is 2.96 bits per heavy atom. The van der Waals surface area contributed by atoms with Gasteiger partial charge in [-0.05, 0) is 36.8 Å². The third-order valence-electron chi connectivity index (χ3n) is 4.91. The Morgan fingerprint density at radius 2 is 2.25 bits per heavy atom. The van der Waals surface area contributed by atoms with Gasteiger partial charge in [-0.15, -0.1) is 11.3 Å². The van der Waals surface area contributed by atoms with Crippen molar-refractivity contribution >= 4 is 29.2 Å². The maximum atomic E-state index is 12.3. The number of carbonyl (C=O) groups excluding carboxylic acids is 2. The Balaban J connectivity index is 1.25. The van der Waals surface area contributed by atoms with Crippen LogP contribution in [0.3, 0.4) is 0 Å². The van der Waals surface area contributed by atoms with Gasteiger partial charge < -0.3 is 15.0 Å². The number of nitrogens with zero attached hydrogens (tertiary/aromatic N) is 1. The minimum absolute atomic E-state index is 0.0117. The molecule has 128 valence electrons. The lowest BCUT2D eigenvalue weighted by Crippen LogP contribution is -2.32. The SMILES string of the molecule is O=C(C[C@@H]1C[C@H]2CN(C(=O)/C=C/c3cccs3)C[C@H]2O1)NC1CC1. The molecule has 0 radical (unpaired) electrons. The second-order valence-electron chi connectivity index (χ2n) is 6.93. The average Bonchev–Trinajstić information content (AvgIpc) is 2.96. The summed E-state index contributed by atoms with van der Waals surface area (Å²) in [6.07, 6.45) is 7.16. The van der Waals surface area contributed by atoms with Gasteiger partial charge in [0.1, 0.15) is 0 Å². The highest BCUT2D eigenvalue weighted by atomic mass is 32.1. The molecule has 3 atom stereocenters. The van der Waals surface area contributed by atoms with Crippen molar-refractivity contribution in [2.75, 3.05) is 13.1 Å². The summed E-state index contributed by atoms with van der Waals surface area (Å²) in [6, 6.07) is 4.37. The lowest BCUT2D eigenvalue weighted by atomic mass is 10.0. The van der Waals surface area contributed by atoms with Crippen molar-refractivity contribution in [3.05, 3.63) is 28.5 Å². The summed E-state index contributed by atoms with van der Waals surface area (Å²) in [5.41, 5.74) is 0. The molecule has 1 aliphatic carbocycles. The van der Waals surface area contributed by atoms with Crippen LogP contribution in [0.15, 0.2) is 23.6 Å². The van der Waals surface area contributed by atoms with Crippen LogP contribution in [0, 0.1) is 5.92 Å². The van der Waals surface area contributed by atoms with Crippen LogP contribution in [0.4, 0.5) is 0 Å². The molecule has 0 aromatic carbocycles. The number of nitrogens with one attached hydrogen (secondary N) is 1. The van der Waals surface area contributed by atoms with Gasteiger partial charge in [0.05, 0.1) is 18.6 Å². The van der Waals surface area contributed by atoms with Gasteiger partial charge in [-0.25, -0.2) is 0 Å². The zero-order valence-corrected chi connectivity index (χ0v) is 14.3. The third-order valence-corrected chi connectivity index (χ3v) is 5.75. The first kappa shape index (κ1) is 15.8. The van der Waals surface area contributed by atoms with Gasteiger partial charge in [-0.2, -0.15) is 0 Å². The Bertz CT molecular complexity index is 625. The number of thiophene rings is 1. The second-order valence-corrected chi connectivity index (χ2v) is 7.91. The van der Waals surface area contributed by atoms with Crippen molar-refractivity contribution in [2.45, 2.75) is 43.9 Å². The van der Waals surface area contributed by atoms with E-state index in [9.17, 15) is 9.59 Å². The quantitative estimate of drug-likeness (QED) is 0.830. The van der Waals surface area contributed by atoms with Crippen molar-refractivity contribution in [3.8, 4) is 0 Å². The van der Waals surface area contributed by atoms with Crippen molar-refractivity contribution < 1.29 is 14.3 Å². The number of hydrogen-bond acceptors (Lipinski definition) is 4. The molecule has 4 rings (SSSR count). The fourth-order valence-electron chi connectivity index (χ4n) is 3.54. The molecule has 0 bridgehead atoms. The number of fused-ring (bicyclic) bond motifs is 1. The summed E-state index contributed by atoms with van der Waals surface area (Å²) in [7, 11) is 0. The molecule has 1 N–H and O–H groups in total. The summed E-state index contributed by atoms with van der Waals surface area (Å²) in [6.45, 7) is 1.37. The van der Waals surface area contributed by atoms with E-state index >= 15 is 0 Å². The molecular formula is C18H22N2O3S. The number of likely N-dealkylation sites (tertiary alicyclic amines) is 1. The Hall–Kier alpha value is -1.66. The molecule has 1 aromatic rings. The fourth-order valence-corrected chi connectivity index (χ4v) is 4.16. The van der Waals surface area contributed by atoms with E-state index < -0.39 is 0 Å². The first-order chi connectivity index (χ1) is 11.7. The molecule has 2 saturated heterocycles. The number of amides is 2. The Kier molecular flexibility index (Phi) is 4.41. The number of hydrogen-bond donors (Lipinski definition) is 1. The zero-order valence-electron chi connectivity index (χ0n) is 13.5.